The van der Waals surface area contributed by atoms with Crippen LogP contribution < -0.4 is 5.32 Å². The minimum atomic E-state index is 0.279. The minimum Gasteiger partial charge on any atom is -0.303 e. The fourth-order valence-electron chi connectivity index (χ4n) is 2.05. The van der Waals surface area contributed by atoms with Gasteiger partial charge in [0.2, 0.25) is 0 Å². The van der Waals surface area contributed by atoms with Crippen molar-refractivity contribution in [3.8, 4) is 0 Å². The minimum absolute atomic E-state index is 0.279. The molecule has 4 heteroatoms. The van der Waals surface area contributed by atoms with E-state index in [1.165, 1.54) is 11.1 Å². The summed E-state index contributed by atoms with van der Waals surface area (Å²) in [6.45, 7) is 4.33. The van der Waals surface area contributed by atoms with E-state index in [0.29, 0.717) is 0 Å². The van der Waals surface area contributed by atoms with E-state index in [1.807, 2.05) is 30.2 Å². The molecule has 0 bridgehead atoms. The van der Waals surface area contributed by atoms with Crippen LogP contribution in [-0.2, 0) is 7.05 Å². The van der Waals surface area contributed by atoms with Crippen molar-refractivity contribution in [2.75, 3.05) is 0 Å². The average Bonchev–Trinajstić information content (AvgIpc) is 2.76. The Morgan fingerprint density at radius 2 is 1.94 bits per heavy atom. The molecule has 18 heavy (non-hydrogen) atoms. The largest absolute Gasteiger partial charge is 0.303 e. The first-order valence-electron chi connectivity index (χ1n) is 6.07. The van der Waals surface area contributed by atoms with Gasteiger partial charge in [-0.2, -0.15) is 5.10 Å². The molecule has 0 amide bonds. The van der Waals surface area contributed by atoms with Gasteiger partial charge in [-0.3, -0.25) is 4.68 Å². The van der Waals surface area contributed by atoms with E-state index < -0.39 is 0 Å². The van der Waals surface area contributed by atoms with E-state index in [4.69, 9.17) is 0 Å². The molecule has 1 heterocycles. The summed E-state index contributed by atoms with van der Waals surface area (Å²) in [5.41, 5.74) is 2.48. The third-order valence-corrected chi connectivity index (χ3v) is 3.82. The molecular weight excluding hydrogens is 290 g/mol. The molecule has 1 N–H and O–H groups in total. The van der Waals surface area contributed by atoms with E-state index in [0.717, 1.165) is 4.47 Å². The molecule has 2 atom stereocenters. The maximum atomic E-state index is 4.20. The molecule has 96 valence electrons. The van der Waals surface area contributed by atoms with Crippen LogP contribution in [0.15, 0.2) is 41.1 Å². The summed E-state index contributed by atoms with van der Waals surface area (Å²) < 4.78 is 2.97. The lowest BCUT2D eigenvalue weighted by Crippen LogP contribution is -2.22. The molecule has 2 aromatic rings. The van der Waals surface area contributed by atoms with E-state index in [9.17, 15) is 0 Å². The van der Waals surface area contributed by atoms with Gasteiger partial charge in [0, 0.05) is 35.4 Å². The van der Waals surface area contributed by atoms with Gasteiger partial charge in [0.1, 0.15) is 0 Å². The van der Waals surface area contributed by atoms with Gasteiger partial charge in [0.25, 0.3) is 0 Å². The number of halogens is 1. The first-order chi connectivity index (χ1) is 8.58. The normalized spacial score (nSPS) is 14.4. The van der Waals surface area contributed by atoms with Crippen LogP contribution >= 0.6 is 15.9 Å². The van der Waals surface area contributed by atoms with E-state index in [-0.39, 0.29) is 12.1 Å². The Morgan fingerprint density at radius 1 is 1.22 bits per heavy atom. The van der Waals surface area contributed by atoms with Crippen LogP contribution in [-0.4, -0.2) is 9.78 Å². The Hall–Kier alpha value is -1.13. The average molecular weight is 308 g/mol. The molecule has 2 rings (SSSR count). The van der Waals surface area contributed by atoms with E-state index in [2.05, 4.69) is 58.4 Å². The van der Waals surface area contributed by atoms with Crippen molar-refractivity contribution in [3.63, 3.8) is 0 Å². The monoisotopic (exact) mass is 307 g/mol. The standard InChI is InChI=1S/C14H18BrN3/c1-10(12-8-16-18(3)9-12)17-11(2)13-6-4-5-7-14(13)15/h4-11,17H,1-3H3/t10?,11-/m1/s1. The highest BCUT2D eigenvalue weighted by atomic mass is 79.9. The Bertz CT molecular complexity index is 521. The lowest BCUT2D eigenvalue weighted by molar-refractivity contribution is 0.493. The quantitative estimate of drug-likeness (QED) is 0.935. The van der Waals surface area contributed by atoms with Gasteiger partial charge < -0.3 is 5.32 Å². The first-order valence-corrected chi connectivity index (χ1v) is 6.86. The topological polar surface area (TPSA) is 29.9 Å². The summed E-state index contributed by atoms with van der Waals surface area (Å²) in [5, 5.41) is 7.79. The summed E-state index contributed by atoms with van der Waals surface area (Å²) in [5.74, 6) is 0. The predicted molar refractivity (Wildman–Crippen MR) is 77.3 cm³/mol. The third-order valence-electron chi connectivity index (χ3n) is 3.10. The van der Waals surface area contributed by atoms with Gasteiger partial charge in [-0.1, -0.05) is 34.1 Å². The van der Waals surface area contributed by atoms with Crippen LogP contribution in [0.4, 0.5) is 0 Å². The Labute approximate surface area is 116 Å². The lowest BCUT2D eigenvalue weighted by atomic mass is 10.1. The number of benzene rings is 1. The summed E-state index contributed by atoms with van der Waals surface area (Å²) in [6, 6.07) is 8.87. The fraction of sp³-hybridized carbons (Fsp3) is 0.357. The zero-order valence-electron chi connectivity index (χ0n) is 10.9. The smallest absolute Gasteiger partial charge is 0.0537 e. The van der Waals surface area contributed by atoms with Crippen molar-refractivity contribution in [2.24, 2.45) is 7.05 Å². The van der Waals surface area contributed by atoms with Crippen LogP contribution in [0.3, 0.4) is 0 Å². The molecule has 0 aliphatic carbocycles. The number of hydrogen-bond acceptors (Lipinski definition) is 2. The molecule has 1 unspecified atom stereocenters. The summed E-state index contributed by atoms with van der Waals surface area (Å²) in [7, 11) is 1.94. The van der Waals surface area contributed by atoms with Crippen molar-refractivity contribution >= 4 is 15.9 Å². The predicted octanol–water partition coefficient (Wildman–Crippen LogP) is 3.59. The highest BCUT2D eigenvalue weighted by Gasteiger charge is 2.13. The second-order valence-corrected chi connectivity index (χ2v) is 5.43. The van der Waals surface area contributed by atoms with Crippen molar-refractivity contribution in [1.29, 1.82) is 0 Å². The van der Waals surface area contributed by atoms with Crippen LogP contribution in [0.2, 0.25) is 0 Å². The summed E-state index contributed by atoms with van der Waals surface area (Å²) in [6.07, 6.45) is 3.95. The molecule has 0 aliphatic heterocycles. The summed E-state index contributed by atoms with van der Waals surface area (Å²) in [4.78, 5) is 0. The molecule has 0 fully saturated rings. The number of hydrogen-bond donors (Lipinski definition) is 1. The van der Waals surface area contributed by atoms with Crippen LogP contribution in [0.5, 0.6) is 0 Å². The molecule has 0 radical (unpaired) electrons. The highest BCUT2D eigenvalue weighted by Crippen LogP contribution is 2.25. The fourth-order valence-corrected chi connectivity index (χ4v) is 2.68. The molecule has 1 aromatic heterocycles. The zero-order chi connectivity index (χ0) is 13.1. The zero-order valence-corrected chi connectivity index (χ0v) is 12.5. The van der Waals surface area contributed by atoms with Gasteiger partial charge in [-0.25, -0.2) is 0 Å². The van der Waals surface area contributed by atoms with Gasteiger partial charge in [0.05, 0.1) is 6.20 Å². The second-order valence-electron chi connectivity index (χ2n) is 4.58. The SMILES string of the molecule is CC(N[C@H](C)c1ccccc1Br)c1cnn(C)c1. The van der Waals surface area contributed by atoms with Crippen LogP contribution in [0.25, 0.3) is 0 Å². The number of aromatic nitrogens is 2. The molecule has 0 saturated heterocycles. The molecule has 3 nitrogen and oxygen atoms in total. The van der Waals surface area contributed by atoms with Crippen LogP contribution in [0, 0.1) is 0 Å². The van der Waals surface area contributed by atoms with Gasteiger partial charge >= 0.3 is 0 Å². The van der Waals surface area contributed by atoms with Crippen molar-refractivity contribution < 1.29 is 0 Å². The number of aryl methyl sites for hydroxylation is 1. The van der Waals surface area contributed by atoms with Crippen molar-refractivity contribution in [3.05, 3.63) is 52.3 Å². The second kappa shape index (κ2) is 5.67. The van der Waals surface area contributed by atoms with Gasteiger partial charge in [0.15, 0.2) is 0 Å². The highest BCUT2D eigenvalue weighted by molar-refractivity contribution is 9.10. The van der Waals surface area contributed by atoms with E-state index in [1.54, 1.807) is 0 Å². The molecule has 0 saturated carbocycles. The molecular formula is C14H18BrN3. The number of rotatable bonds is 4. The Balaban J connectivity index is 2.08. The van der Waals surface area contributed by atoms with E-state index >= 15 is 0 Å². The maximum absolute atomic E-state index is 4.20. The van der Waals surface area contributed by atoms with Crippen molar-refractivity contribution in [2.45, 2.75) is 25.9 Å². The Kier molecular flexibility index (Phi) is 4.19. The molecule has 0 aliphatic rings. The first kappa shape index (κ1) is 13.3. The van der Waals surface area contributed by atoms with Crippen molar-refractivity contribution in [1.82, 2.24) is 15.1 Å². The van der Waals surface area contributed by atoms with Crippen LogP contribution in [0.1, 0.15) is 37.1 Å². The lowest BCUT2D eigenvalue weighted by Gasteiger charge is -2.20. The molecule has 0 spiro atoms. The Morgan fingerprint density at radius 3 is 2.56 bits per heavy atom. The molecule has 1 aromatic carbocycles. The number of nitrogens with zero attached hydrogens (tertiary/aromatic N) is 2. The number of nitrogens with one attached hydrogen (secondary N) is 1. The maximum Gasteiger partial charge on any atom is 0.0537 e. The third kappa shape index (κ3) is 3.00. The van der Waals surface area contributed by atoms with Gasteiger partial charge in [-0.05, 0) is 25.5 Å². The summed E-state index contributed by atoms with van der Waals surface area (Å²) >= 11 is 3.59. The van der Waals surface area contributed by atoms with Gasteiger partial charge in [-0.15, -0.1) is 0 Å².